The van der Waals surface area contributed by atoms with Crippen LogP contribution in [0.3, 0.4) is 0 Å². The summed E-state index contributed by atoms with van der Waals surface area (Å²) in [5.74, 6) is 0. The van der Waals surface area contributed by atoms with Gasteiger partial charge in [0.25, 0.3) is 0 Å². The lowest BCUT2D eigenvalue weighted by molar-refractivity contribution is 1.17. The number of benzene rings is 8. The highest BCUT2D eigenvalue weighted by molar-refractivity contribution is 6.16. The molecule has 3 heterocycles. The van der Waals surface area contributed by atoms with Gasteiger partial charge in [-0.25, -0.2) is 0 Å². The van der Waals surface area contributed by atoms with Crippen molar-refractivity contribution in [1.82, 2.24) is 14.1 Å². The monoisotopic (exact) mass is 711 g/mol. The molecule has 14 bridgehead atoms. The topological polar surface area (TPSA) is 22.8 Å². The summed E-state index contributed by atoms with van der Waals surface area (Å²) in [5, 5.41) is 15.4. The molecule has 9 aromatic carbocycles. The lowest BCUT2D eigenvalue weighted by atomic mass is 10.0. The molecule has 3 aromatic heterocycles. The number of para-hydroxylation sites is 2. The second kappa shape index (κ2) is 12.0. The molecular formula is C53H33N3. The van der Waals surface area contributed by atoms with E-state index in [2.05, 4.69) is 209 Å². The third kappa shape index (κ3) is 4.74. The van der Waals surface area contributed by atoms with Crippen LogP contribution in [0.5, 0.6) is 0 Å². The summed E-state index contributed by atoms with van der Waals surface area (Å²) in [7, 11) is 0. The van der Waals surface area contributed by atoms with Gasteiger partial charge in [0.2, 0.25) is 0 Å². The Balaban J connectivity index is 1.27. The molecule has 12 rings (SSSR count). The third-order valence-corrected chi connectivity index (χ3v) is 11.7. The molecule has 56 heavy (non-hydrogen) atoms. The van der Waals surface area contributed by atoms with E-state index in [4.69, 9.17) is 4.98 Å². The maximum absolute atomic E-state index is 5.18. The Kier molecular flexibility index (Phi) is 6.63. The Morgan fingerprint density at radius 3 is 1.07 bits per heavy atom. The van der Waals surface area contributed by atoms with Crippen LogP contribution in [0.1, 0.15) is 0 Å². The van der Waals surface area contributed by atoms with Crippen molar-refractivity contribution in [3.8, 4) is 11.4 Å². The van der Waals surface area contributed by atoms with E-state index in [0.717, 1.165) is 33.3 Å². The highest BCUT2D eigenvalue weighted by Gasteiger charge is 2.16. The van der Waals surface area contributed by atoms with E-state index in [0.29, 0.717) is 0 Å². The molecule has 0 fully saturated rings. The first kappa shape index (κ1) is 30.9. The predicted octanol–water partition coefficient (Wildman–Crippen LogP) is 14.2. The number of pyridine rings is 1. The molecule has 0 saturated carbocycles. The zero-order valence-corrected chi connectivity index (χ0v) is 30.4. The molecule has 3 nitrogen and oxygen atoms in total. The van der Waals surface area contributed by atoms with Crippen molar-refractivity contribution < 1.29 is 0 Å². The van der Waals surface area contributed by atoms with Crippen molar-refractivity contribution in [2.75, 3.05) is 0 Å². The first-order valence-electron chi connectivity index (χ1n) is 19.2. The van der Waals surface area contributed by atoms with Crippen LogP contribution in [0.25, 0.3) is 109 Å². The standard InChI is InChI=1S/C53H33N3/c1-3-16-43(17-4-1)55-50-23-20-40-29-45(50)47-31-42(22-25-51(47)55)49-32-48-46-30-41(21-24-52(46)56(53(48)33-54-49)44-18-5-2-6-19-44)39-15-9-13-37(28-39)35-11-7-10-34(26-35)36-12-8-14-38(40)27-36/h1-33H. The van der Waals surface area contributed by atoms with E-state index < -0.39 is 0 Å². The van der Waals surface area contributed by atoms with E-state index in [1.54, 1.807) is 0 Å². The Bertz CT molecular complexity index is 3390. The second-order valence-electron chi connectivity index (χ2n) is 14.9. The smallest absolute Gasteiger partial charge is 0.0724 e. The van der Waals surface area contributed by atoms with E-state index in [-0.39, 0.29) is 0 Å². The van der Waals surface area contributed by atoms with Crippen molar-refractivity contribution in [2.24, 2.45) is 0 Å². The molecule has 0 unspecified atom stereocenters. The van der Waals surface area contributed by atoms with Crippen molar-refractivity contribution in [3.63, 3.8) is 0 Å². The molecule has 0 spiro atoms. The van der Waals surface area contributed by atoms with Crippen LogP contribution in [0.2, 0.25) is 0 Å². The lowest BCUT2D eigenvalue weighted by Gasteiger charge is -2.08. The molecule has 0 aliphatic heterocycles. The summed E-state index contributed by atoms with van der Waals surface area (Å²) in [6, 6.07) is 71.1. The highest BCUT2D eigenvalue weighted by Crippen LogP contribution is 2.38. The van der Waals surface area contributed by atoms with Gasteiger partial charge < -0.3 is 9.13 Å². The van der Waals surface area contributed by atoms with Gasteiger partial charge in [-0.15, -0.1) is 0 Å². The van der Waals surface area contributed by atoms with Gasteiger partial charge in [0.05, 0.1) is 33.8 Å². The molecule has 0 aliphatic rings. The van der Waals surface area contributed by atoms with E-state index in [9.17, 15) is 0 Å². The molecule has 0 aliphatic carbocycles. The van der Waals surface area contributed by atoms with Gasteiger partial charge in [0, 0.05) is 38.3 Å². The molecule has 12 aromatic rings. The van der Waals surface area contributed by atoms with Gasteiger partial charge in [-0.1, -0.05) is 109 Å². The molecule has 0 atom stereocenters. The van der Waals surface area contributed by atoms with Crippen molar-refractivity contribution >= 4 is 97.6 Å². The lowest BCUT2D eigenvalue weighted by Crippen LogP contribution is -1.93. The largest absolute Gasteiger partial charge is 0.309 e. The minimum atomic E-state index is 0.952. The first-order chi connectivity index (χ1) is 27.7. The number of rotatable bonds is 2. The summed E-state index contributed by atoms with van der Waals surface area (Å²) >= 11 is 0. The van der Waals surface area contributed by atoms with Crippen LogP contribution < -0.4 is 0 Å². The number of fused-ring (bicyclic) bond motifs is 15. The summed E-state index contributed by atoms with van der Waals surface area (Å²) in [5.41, 5.74) is 7.81. The summed E-state index contributed by atoms with van der Waals surface area (Å²) < 4.78 is 4.73. The SMILES string of the molecule is c1ccc(-n2c3ccc4cc3c3cc(ccc32)c2cc3c5cc(ccc5n(-c5ccccc5)c3cn2)c2cccc(c2)c2cccc(c2)c2cccc4c2)cc1. The van der Waals surface area contributed by atoms with Gasteiger partial charge in [0.1, 0.15) is 0 Å². The van der Waals surface area contributed by atoms with Crippen molar-refractivity contribution in [2.45, 2.75) is 0 Å². The van der Waals surface area contributed by atoms with E-state index >= 15 is 0 Å². The fourth-order valence-corrected chi connectivity index (χ4v) is 8.96. The van der Waals surface area contributed by atoms with Crippen molar-refractivity contribution in [1.29, 1.82) is 0 Å². The van der Waals surface area contributed by atoms with Gasteiger partial charge >= 0.3 is 0 Å². The molecule has 0 amide bonds. The van der Waals surface area contributed by atoms with E-state index in [1.807, 2.05) is 0 Å². The van der Waals surface area contributed by atoms with Crippen LogP contribution in [0.4, 0.5) is 0 Å². The molecule has 260 valence electrons. The second-order valence-corrected chi connectivity index (χ2v) is 14.9. The Morgan fingerprint density at radius 2 is 0.625 bits per heavy atom. The normalized spacial score (nSPS) is 11.9. The summed E-state index contributed by atoms with van der Waals surface area (Å²) in [4.78, 5) is 5.18. The summed E-state index contributed by atoms with van der Waals surface area (Å²) in [6.45, 7) is 0. The molecule has 0 radical (unpaired) electrons. The Labute approximate surface area is 322 Å². The molecular weight excluding hydrogens is 679 g/mol. The van der Waals surface area contributed by atoms with Crippen LogP contribution in [0.15, 0.2) is 200 Å². The minimum Gasteiger partial charge on any atom is -0.309 e. The number of aromatic nitrogens is 3. The van der Waals surface area contributed by atoms with Gasteiger partial charge in [-0.05, 0) is 128 Å². The molecule has 3 heteroatoms. The highest BCUT2D eigenvalue weighted by atomic mass is 15.0. The maximum atomic E-state index is 5.18. The molecule has 0 saturated heterocycles. The number of hydrogen-bond acceptors (Lipinski definition) is 1. The predicted molar refractivity (Wildman–Crippen MR) is 238 cm³/mol. The molecule has 0 N–H and O–H groups in total. The Morgan fingerprint density at radius 1 is 0.268 bits per heavy atom. The zero-order valence-electron chi connectivity index (χ0n) is 30.4. The number of nitrogens with zero attached hydrogens (tertiary/aromatic N) is 3. The minimum absolute atomic E-state index is 0.952. The number of hydrogen-bond donors (Lipinski definition) is 0. The zero-order chi connectivity index (χ0) is 36.7. The van der Waals surface area contributed by atoms with Crippen molar-refractivity contribution in [3.05, 3.63) is 200 Å². The van der Waals surface area contributed by atoms with Crippen LogP contribution in [0, 0.1) is 0 Å². The van der Waals surface area contributed by atoms with Crippen LogP contribution >= 0.6 is 0 Å². The van der Waals surface area contributed by atoms with Crippen LogP contribution in [-0.2, 0) is 0 Å². The summed E-state index contributed by atoms with van der Waals surface area (Å²) in [6.07, 6.45) is 2.06. The van der Waals surface area contributed by atoms with E-state index in [1.165, 1.54) is 75.7 Å². The fraction of sp³-hybridized carbons (Fsp3) is 0. The maximum Gasteiger partial charge on any atom is 0.0724 e. The first-order valence-corrected chi connectivity index (χ1v) is 19.2. The Hall–Kier alpha value is -7.49. The average Bonchev–Trinajstić information content (AvgIpc) is 3.78. The van der Waals surface area contributed by atoms with Crippen LogP contribution in [-0.4, -0.2) is 14.1 Å². The fourth-order valence-electron chi connectivity index (χ4n) is 8.96. The third-order valence-electron chi connectivity index (χ3n) is 11.7. The van der Waals surface area contributed by atoms with Gasteiger partial charge in [-0.2, -0.15) is 0 Å². The van der Waals surface area contributed by atoms with Gasteiger partial charge in [-0.3, -0.25) is 4.98 Å². The average molecular weight is 712 g/mol. The quantitative estimate of drug-likeness (QED) is 0.175. The van der Waals surface area contributed by atoms with Gasteiger partial charge in [0.15, 0.2) is 0 Å².